The fourth-order valence-corrected chi connectivity index (χ4v) is 3.78. The number of nitrogens with one attached hydrogen (secondary N) is 1. The van der Waals surface area contributed by atoms with Crippen LogP contribution in [-0.2, 0) is 13.0 Å². The molecule has 7 nitrogen and oxygen atoms in total. The van der Waals surface area contributed by atoms with Gasteiger partial charge in [-0.25, -0.2) is 9.67 Å². The molecule has 8 heteroatoms. The van der Waals surface area contributed by atoms with Crippen molar-refractivity contribution in [3.8, 4) is 5.75 Å². The lowest BCUT2D eigenvalue weighted by Gasteiger charge is -2.23. The molecule has 0 bridgehead atoms. The third-order valence-electron chi connectivity index (χ3n) is 5.16. The van der Waals surface area contributed by atoms with E-state index in [1.165, 1.54) is 0 Å². The van der Waals surface area contributed by atoms with Gasteiger partial charge in [0.2, 0.25) is 5.82 Å². The highest BCUT2D eigenvalue weighted by molar-refractivity contribution is 7.80. The summed E-state index contributed by atoms with van der Waals surface area (Å²) in [5.74, 6) is 1.29. The van der Waals surface area contributed by atoms with Crippen LogP contribution in [0.1, 0.15) is 35.4 Å². The zero-order chi connectivity index (χ0) is 21.8. The van der Waals surface area contributed by atoms with Crippen LogP contribution in [0.15, 0.2) is 54.6 Å². The maximum absolute atomic E-state index is 13.0. The average molecular weight is 436 g/mol. The second-order valence-corrected chi connectivity index (χ2v) is 7.86. The zero-order valence-electron chi connectivity index (χ0n) is 17.6. The Kier molecular flexibility index (Phi) is 6.27. The molecule has 1 amide bonds. The molecule has 0 aliphatic carbocycles. The first-order valence-electron chi connectivity index (χ1n) is 10.3. The van der Waals surface area contributed by atoms with E-state index in [2.05, 4.69) is 22.3 Å². The van der Waals surface area contributed by atoms with Crippen LogP contribution >= 0.6 is 12.2 Å². The number of carbonyl (C=O) groups is 1. The molecule has 160 valence electrons. The van der Waals surface area contributed by atoms with Crippen molar-refractivity contribution in [2.75, 3.05) is 18.6 Å². The molecule has 0 fully saturated rings. The minimum atomic E-state index is -0.462. The fraction of sp³-hybridized carbons (Fsp3) is 0.304. The lowest BCUT2D eigenvalue weighted by atomic mass is 10.1. The molecule has 1 atom stereocenters. The molecule has 2 aromatic carbocycles. The van der Waals surface area contributed by atoms with Gasteiger partial charge in [0.15, 0.2) is 0 Å². The number of benzene rings is 2. The van der Waals surface area contributed by atoms with Crippen LogP contribution in [-0.4, -0.2) is 45.4 Å². The van der Waals surface area contributed by atoms with Crippen LogP contribution in [0.3, 0.4) is 0 Å². The Morgan fingerprint density at radius 2 is 1.94 bits per heavy atom. The maximum Gasteiger partial charge on any atom is 0.291 e. The second-order valence-electron chi connectivity index (χ2n) is 7.44. The number of aryl methyl sites for hydroxylation is 1. The monoisotopic (exact) mass is 435 g/mol. The first-order chi connectivity index (χ1) is 15.1. The van der Waals surface area contributed by atoms with Gasteiger partial charge in [-0.2, -0.15) is 0 Å². The van der Waals surface area contributed by atoms with Crippen LogP contribution in [0.4, 0.5) is 5.69 Å². The van der Waals surface area contributed by atoms with E-state index >= 15 is 0 Å². The van der Waals surface area contributed by atoms with Crippen molar-refractivity contribution in [2.24, 2.45) is 0 Å². The number of para-hydroxylation sites is 2. The number of amides is 1. The SMILES string of the molecule is CCCn1nc(C(=O)N[C@H]2COc3ccccc3N(C)C2=S)nc1Cc1ccccc1. The Balaban J connectivity index is 1.52. The molecule has 0 unspecified atom stereocenters. The first kappa shape index (κ1) is 21.0. The summed E-state index contributed by atoms with van der Waals surface area (Å²) in [5, 5.41) is 7.42. The Morgan fingerprint density at radius 1 is 1.19 bits per heavy atom. The summed E-state index contributed by atoms with van der Waals surface area (Å²) >= 11 is 5.63. The van der Waals surface area contributed by atoms with Crippen molar-refractivity contribution in [2.45, 2.75) is 32.4 Å². The molecular formula is C23H25N5O2S. The quantitative estimate of drug-likeness (QED) is 0.600. The molecule has 31 heavy (non-hydrogen) atoms. The Bertz CT molecular complexity index is 1080. The molecule has 1 aliphatic rings. The summed E-state index contributed by atoms with van der Waals surface area (Å²) in [6, 6.07) is 17.3. The predicted octanol–water partition coefficient (Wildman–Crippen LogP) is 3.23. The number of anilines is 1. The topological polar surface area (TPSA) is 72.3 Å². The molecule has 0 spiro atoms. The van der Waals surface area contributed by atoms with E-state index in [9.17, 15) is 4.79 Å². The van der Waals surface area contributed by atoms with E-state index in [1.54, 1.807) is 0 Å². The highest BCUT2D eigenvalue weighted by Crippen LogP contribution is 2.30. The number of rotatable bonds is 6. The minimum Gasteiger partial charge on any atom is -0.489 e. The molecule has 4 rings (SSSR count). The second kappa shape index (κ2) is 9.26. The van der Waals surface area contributed by atoms with Gasteiger partial charge in [-0.1, -0.05) is 61.6 Å². The number of nitrogens with zero attached hydrogens (tertiary/aromatic N) is 4. The summed E-state index contributed by atoms with van der Waals surface area (Å²) in [6.07, 6.45) is 1.51. The normalized spacial score (nSPS) is 15.7. The van der Waals surface area contributed by atoms with Crippen LogP contribution in [0.25, 0.3) is 0 Å². The Labute approximate surface area is 187 Å². The van der Waals surface area contributed by atoms with Crippen molar-refractivity contribution in [3.63, 3.8) is 0 Å². The number of carbonyl (C=O) groups excluding carboxylic acids is 1. The minimum absolute atomic E-state index is 0.145. The lowest BCUT2D eigenvalue weighted by molar-refractivity contribution is 0.0927. The number of likely N-dealkylation sites (N-methyl/N-ethyl adjacent to an activating group) is 1. The van der Waals surface area contributed by atoms with Gasteiger partial charge in [0.05, 0.1) is 5.69 Å². The number of ether oxygens (including phenoxy) is 1. The Hall–Kier alpha value is -3.26. The summed E-state index contributed by atoms with van der Waals surface area (Å²) < 4.78 is 7.71. The van der Waals surface area contributed by atoms with E-state index < -0.39 is 6.04 Å². The molecule has 1 aliphatic heterocycles. The number of thiocarbonyl (C=S) groups is 1. The molecule has 1 N–H and O–H groups in total. The molecule has 0 saturated heterocycles. The van der Waals surface area contributed by atoms with Gasteiger partial charge >= 0.3 is 0 Å². The van der Waals surface area contributed by atoms with Crippen molar-refractivity contribution in [1.82, 2.24) is 20.1 Å². The highest BCUT2D eigenvalue weighted by Gasteiger charge is 2.29. The van der Waals surface area contributed by atoms with Gasteiger partial charge in [-0.15, -0.1) is 5.10 Å². The third kappa shape index (κ3) is 4.59. The van der Waals surface area contributed by atoms with Gasteiger partial charge in [0.25, 0.3) is 5.91 Å². The van der Waals surface area contributed by atoms with Gasteiger partial charge in [-0.05, 0) is 24.1 Å². The van der Waals surface area contributed by atoms with E-state index in [4.69, 9.17) is 17.0 Å². The maximum atomic E-state index is 13.0. The van der Waals surface area contributed by atoms with Gasteiger partial charge < -0.3 is 15.0 Å². The number of hydrogen-bond donors (Lipinski definition) is 1. The number of fused-ring (bicyclic) bond motifs is 1. The molecule has 0 radical (unpaired) electrons. The molecule has 0 saturated carbocycles. The van der Waals surface area contributed by atoms with Gasteiger partial charge in [-0.3, -0.25) is 4.79 Å². The molecule has 3 aromatic rings. The summed E-state index contributed by atoms with van der Waals surface area (Å²) in [7, 11) is 1.88. The number of hydrogen-bond acceptors (Lipinski definition) is 5. The summed E-state index contributed by atoms with van der Waals surface area (Å²) in [6.45, 7) is 3.02. The average Bonchev–Trinajstić information content (AvgIpc) is 3.14. The van der Waals surface area contributed by atoms with E-state index in [1.807, 2.05) is 71.2 Å². The lowest BCUT2D eigenvalue weighted by Crippen LogP contribution is -2.48. The third-order valence-corrected chi connectivity index (χ3v) is 5.72. The standard InChI is InChI=1S/C23H25N5O2S/c1-3-13-28-20(14-16-9-5-4-6-10-16)25-21(26-28)22(29)24-17-15-30-19-12-8-7-11-18(19)27(2)23(17)31/h4-12,17H,3,13-15H2,1-2H3,(H,24,29)/t17-/m0/s1. The predicted molar refractivity (Wildman–Crippen MR) is 124 cm³/mol. The van der Waals surface area contributed by atoms with Crippen LogP contribution in [0.5, 0.6) is 5.75 Å². The van der Waals surface area contributed by atoms with Gasteiger partial charge in [0.1, 0.15) is 29.2 Å². The van der Waals surface area contributed by atoms with E-state index in [-0.39, 0.29) is 18.3 Å². The van der Waals surface area contributed by atoms with Crippen LogP contribution in [0, 0.1) is 0 Å². The zero-order valence-corrected chi connectivity index (χ0v) is 18.4. The van der Waals surface area contributed by atoms with E-state index in [0.717, 1.165) is 29.2 Å². The molecule has 2 heterocycles. The fourth-order valence-electron chi connectivity index (χ4n) is 3.55. The molecule has 1 aromatic heterocycles. The molecular weight excluding hydrogens is 410 g/mol. The van der Waals surface area contributed by atoms with Crippen molar-refractivity contribution in [1.29, 1.82) is 0 Å². The van der Waals surface area contributed by atoms with E-state index in [0.29, 0.717) is 18.0 Å². The summed E-state index contributed by atoms with van der Waals surface area (Å²) in [4.78, 5) is 20.0. The highest BCUT2D eigenvalue weighted by atomic mass is 32.1. The first-order valence-corrected chi connectivity index (χ1v) is 10.8. The van der Waals surface area contributed by atoms with Crippen LogP contribution in [0.2, 0.25) is 0 Å². The Morgan fingerprint density at radius 3 is 2.71 bits per heavy atom. The van der Waals surface area contributed by atoms with Crippen molar-refractivity contribution >= 4 is 28.8 Å². The van der Waals surface area contributed by atoms with Crippen molar-refractivity contribution < 1.29 is 9.53 Å². The number of aromatic nitrogens is 3. The van der Waals surface area contributed by atoms with Gasteiger partial charge in [0, 0.05) is 20.0 Å². The smallest absolute Gasteiger partial charge is 0.291 e. The van der Waals surface area contributed by atoms with Crippen molar-refractivity contribution in [3.05, 3.63) is 71.8 Å². The largest absolute Gasteiger partial charge is 0.489 e. The van der Waals surface area contributed by atoms with Crippen LogP contribution < -0.4 is 15.0 Å². The summed E-state index contributed by atoms with van der Waals surface area (Å²) in [5.41, 5.74) is 2.00.